The number of carbonyl (C=O) groups is 1. The molecule has 0 radical (unpaired) electrons. The Kier molecular flexibility index (Phi) is 4.38. The third-order valence-corrected chi connectivity index (χ3v) is 3.26. The van der Waals surface area contributed by atoms with Crippen LogP contribution in [0.2, 0.25) is 0 Å². The number of para-hydroxylation sites is 1. The van der Waals surface area contributed by atoms with E-state index in [4.69, 9.17) is 5.73 Å². The maximum Gasteiger partial charge on any atom is 0.253 e. The van der Waals surface area contributed by atoms with Gasteiger partial charge in [-0.15, -0.1) is 0 Å². The molecule has 4 heteroatoms. The Morgan fingerprint density at radius 2 is 1.90 bits per heavy atom. The van der Waals surface area contributed by atoms with Crippen LogP contribution < -0.4 is 11.1 Å². The summed E-state index contributed by atoms with van der Waals surface area (Å²) in [5, 5.41) is 12.3. The SMILES string of the molecule is Cc1cccc(C(=O)N[C@@H](CO)c2ccccc2)c1N. The quantitative estimate of drug-likeness (QED) is 0.744. The lowest BCUT2D eigenvalue weighted by Crippen LogP contribution is -2.31. The van der Waals surface area contributed by atoms with Gasteiger partial charge in [0.15, 0.2) is 0 Å². The van der Waals surface area contributed by atoms with Crippen LogP contribution in [0.15, 0.2) is 48.5 Å². The average molecular weight is 270 g/mol. The van der Waals surface area contributed by atoms with Gasteiger partial charge in [0.25, 0.3) is 5.91 Å². The van der Waals surface area contributed by atoms with Crippen LogP contribution in [0.3, 0.4) is 0 Å². The highest BCUT2D eigenvalue weighted by Gasteiger charge is 2.16. The third-order valence-electron chi connectivity index (χ3n) is 3.26. The highest BCUT2D eigenvalue weighted by molar-refractivity contribution is 5.99. The lowest BCUT2D eigenvalue weighted by Gasteiger charge is -2.17. The number of aryl methyl sites for hydroxylation is 1. The van der Waals surface area contributed by atoms with Crippen LogP contribution in [-0.2, 0) is 0 Å². The van der Waals surface area contributed by atoms with Gasteiger partial charge in [0, 0.05) is 5.69 Å². The van der Waals surface area contributed by atoms with Crippen LogP contribution in [0.1, 0.15) is 27.5 Å². The first-order chi connectivity index (χ1) is 9.63. The minimum absolute atomic E-state index is 0.165. The Hall–Kier alpha value is -2.33. The molecule has 4 N–H and O–H groups in total. The number of rotatable bonds is 4. The number of hydrogen-bond acceptors (Lipinski definition) is 3. The largest absolute Gasteiger partial charge is 0.398 e. The number of nitrogen functional groups attached to an aromatic ring is 1. The van der Waals surface area contributed by atoms with Crippen LogP contribution in [0, 0.1) is 6.92 Å². The van der Waals surface area contributed by atoms with Crippen molar-refractivity contribution in [1.29, 1.82) is 0 Å². The maximum absolute atomic E-state index is 12.3. The number of carbonyl (C=O) groups excluding carboxylic acids is 1. The van der Waals surface area contributed by atoms with Gasteiger partial charge in [-0.2, -0.15) is 0 Å². The molecule has 0 spiro atoms. The first-order valence-electron chi connectivity index (χ1n) is 6.45. The third kappa shape index (κ3) is 2.97. The highest BCUT2D eigenvalue weighted by atomic mass is 16.3. The fraction of sp³-hybridized carbons (Fsp3) is 0.188. The van der Waals surface area contributed by atoms with Crippen molar-refractivity contribution in [2.24, 2.45) is 0 Å². The Morgan fingerprint density at radius 3 is 2.55 bits per heavy atom. The van der Waals surface area contributed by atoms with E-state index in [1.54, 1.807) is 12.1 Å². The van der Waals surface area contributed by atoms with Crippen molar-refractivity contribution >= 4 is 11.6 Å². The second-order valence-electron chi connectivity index (χ2n) is 4.66. The number of aliphatic hydroxyl groups is 1. The van der Waals surface area contributed by atoms with E-state index >= 15 is 0 Å². The number of benzene rings is 2. The first kappa shape index (κ1) is 14.1. The molecule has 0 aliphatic rings. The molecule has 0 saturated heterocycles. The minimum atomic E-state index is -0.441. The Labute approximate surface area is 118 Å². The summed E-state index contributed by atoms with van der Waals surface area (Å²) in [7, 11) is 0. The summed E-state index contributed by atoms with van der Waals surface area (Å²) in [6.07, 6.45) is 0. The summed E-state index contributed by atoms with van der Waals surface area (Å²) in [6.45, 7) is 1.69. The lowest BCUT2D eigenvalue weighted by atomic mass is 10.1. The van der Waals surface area contributed by atoms with Crippen molar-refractivity contribution in [2.75, 3.05) is 12.3 Å². The smallest absolute Gasteiger partial charge is 0.253 e. The van der Waals surface area contributed by atoms with Crippen molar-refractivity contribution in [1.82, 2.24) is 5.32 Å². The second-order valence-corrected chi connectivity index (χ2v) is 4.66. The van der Waals surface area contributed by atoms with Gasteiger partial charge in [0.2, 0.25) is 0 Å². The molecule has 0 aliphatic heterocycles. The molecule has 4 nitrogen and oxygen atoms in total. The van der Waals surface area contributed by atoms with Crippen LogP contribution in [0.5, 0.6) is 0 Å². The summed E-state index contributed by atoms with van der Waals surface area (Å²) >= 11 is 0. The Morgan fingerprint density at radius 1 is 1.20 bits per heavy atom. The highest BCUT2D eigenvalue weighted by Crippen LogP contribution is 2.18. The fourth-order valence-corrected chi connectivity index (χ4v) is 2.03. The summed E-state index contributed by atoms with van der Waals surface area (Å²) in [5.41, 5.74) is 8.53. The number of nitrogens with two attached hydrogens (primary N) is 1. The molecule has 2 aromatic rings. The molecule has 1 amide bonds. The van der Waals surface area contributed by atoms with Crippen LogP contribution in [0.25, 0.3) is 0 Å². The Balaban J connectivity index is 2.20. The monoisotopic (exact) mass is 270 g/mol. The zero-order valence-electron chi connectivity index (χ0n) is 11.3. The molecule has 0 saturated carbocycles. The minimum Gasteiger partial charge on any atom is -0.398 e. The van der Waals surface area contributed by atoms with Gasteiger partial charge >= 0.3 is 0 Å². The molecule has 2 aromatic carbocycles. The van der Waals surface area contributed by atoms with Crippen LogP contribution >= 0.6 is 0 Å². The average Bonchev–Trinajstić information content (AvgIpc) is 2.48. The predicted molar refractivity (Wildman–Crippen MR) is 79.3 cm³/mol. The van der Waals surface area contributed by atoms with E-state index in [9.17, 15) is 9.90 Å². The van der Waals surface area contributed by atoms with Gasteiger partial charge in [-0.3, -0.25) is 4.79 Å². The standard InChI is InChI=1S/C16H18N2O2/c1-11-6-5-9-13(15(11)17)16(20)18-14(10-19)12-7-3-2-4-8-12/h2-9,14,19H,10,17H2,1H3,(H,18,20)/t14-/m0/s1. The van der Waals surface area contributed by atoms with E-state index in [0.717, 1.165) is 11.1 Å². The number of anilines is 1. The van der Waals surface area contributed by atoms with Crippen molar-refractivity contribution < 1.29 is 9.90 Å². The van der Waals surface area contributed by atoms with Gasteiger partial charge in [-0.05, 0) is 24.1 Å². The molecule has 0 bridgehead atoms. The lowest BCUT2D eigenvalue weighted by molar-refractivity contribution is 0.0917. The van der Waals surface area contributed by atoms with Crippen molar-refractivity contribution in [3.8, 4) is 0 Å². The molecule has 0 heterocycles. The topological polar surface area (TPSA) is 75.3 Å². The Bertz CT molecular complexity index is 597. The zero-order valence-corrected chi connectivity index (χ0v) is 11.3. The van der Waals surface area contributed by atoms with Gasteiger partial charge in [0.05, 0.1) is 18.2 Å². The van der Waals surface area contributed by atoms with E-state index in [1.807, 2.05) is 43.3 Å². The zero-order chi connectivity index (χ0) is 14.5. The molecule has 2 rings (SSSR count). The van der Waals surface area contributed by atoms with E-state index in [1.165, 1.54) is 0 Å². The molecule has 20 heavy (non-hydrogen) atoms. The molecular formula is C16H18N2O2. The maximum atomic E-state index is 12.3. The van der Waals surface area contributed by atoms with Crippen molar-refractivity contribution in [3.05, 3.63) is 65.2 Å². The normalized spacial score (nSPS) is 11.9. The van der Waals surface area contributed by atoms with Crippen molar-refractivity contribution in [3.63, 3.8) is 0 Å². The number of hydrogen-bond donors (Lipinski definition) is 3. The predicted octanol–water partition coefficient (Wildman–Crippen LogP) is 2.04. The summed E-state index contributed by atoms with van der Waals surface area (Å²) in [6, 6.07) is 14.2. The second kappa shape index (κ2) is 6.21. The fourth-order valence-electron chi connectivity index (χ4n) is 2.03. The van der Waals surface area contributed by atoms with E-state index < -0.39 is 6.04 Å². The molecule has 0 aromatic heterocycles. The molecule has 0 fully saturated rings. The summed E-state index contributed by atoms with van der Waals surface area (Å²) in [4.78, 5) is 12.3. The molecular weight excluding hydrogens is 252 g/mol. The first-order valence-corrected chi connectivity index (χ1v) is 6.45. The van der Waals surface area contributed by atoms with Gasteiger partial charge < -0.3 is 16.2 Å². The van der Waals surface area contributed by atoms with Gasteiger partial charge in [-0.1, -0.05) is 42.5 Å². The number of aliphatic hydroxyl groups excluding tert-OH is 1. The molecule has 0 unspecified atom stereocenters. The molecule has 1 atom stereocenters. The van der Waals surface area contributed by atoms with Crippen LogP contribution in [0.4, 0.5) is 5.69 Å². The van der Waals surface area contributed by atoms with Gasteiger partial charge in [-0.25, -0.2) is 0 Å². The number of amides is 1. The summed E-state index contributed by atoms with van der Waals surface area (Å²) in [5.74, 6) is -0.283. The van der Waals surface area contributed by atoms with Crippen LogP contribution in [-0.4, -0.2) is 17.6 Å². The van der Waals surface area contributed by atoms with Crippen molar-refractivity contribution in [2.45, 2.75) is 13.0 Å². The molecule has 0 aliphatic carbocycles. The number of nitrogens with one attached hydrogen (secondary N) is 1. The van der Waals surface area contributed by atoms with Gasteiger partial charge in [0.1, 0.15) is 0 Å². The summed E-state index contributed by atoms with van der Waals surface area (Å²) < 4.78 is 0. The van der Waals surface area contributed by atoms with E-state index in [0.29, 0.717) is 11.3 Å². The molecule has 104 valence electrons. The van der Waals surface area contributed by atoms with E-state index in [-0.39, 0.29) is 12.5 Å². The van der Waals surface area contributed by atoms with E-state index in [2.05, 4.69) is 5.32 Å².